The highest BCUT2D eigenvalue weighted by atomic mass is 16.5. The summed E-state index contributed by atoms with van der Waals surface area (Å²) in [5, 5.41) is 9.27. The number of amides is 2. The molecule has 0 aromatic rings. The molecule has 120 valence electrons. The summed E-state index contributed by atoms with van der Waals surface area (Å²) in [6.07, 6.45) is -0.460. The molecule has 0 radical (unpaired) electrons. The summed E-state index contributed by atoms with van der Waals surface area (Å²) in [5.41, 5.74) is 0. The van der Waals surface area contributed by atoms with E-state index in [0.29, 0.717) is 6.54 Å². The van der Waals surface area contributed by atoms with E-state index in [1.807, 2.05) is 6.92 Å². The van der Waals surface area contributed by atoms with Crippen LogP contribution in [0.5, 0.6) is 0 Å². The van der Waals surface area contributed by atoms with E-state index in [9.17, 15) is 19.5 Å². The molecular formula is C14H24N2O5. The summed E-state index contributed by atoms with van der Waals surface area (Å²) < 4.78 is 4.66. The lowest BCUT2D eigenvalue weighted by atomic mass is 9.94. The number of rotatable bonds is 4. The van der Waals surface area contributed by atoms with Crippen LogP contribution in [-0.4, -0.2) is 66.2 Å². The lowest BCUT2D eigenvalue weighted by Gasteiger charge is -2.30. The fourth-order valence-electron chi connectivity index (χ4n) is 2.86. The average molecular weight is 300 g/mol. The van der Waals surface area contributed by atoms with Crippen molar-refractivity contribution >= 4 is 18.0 Å². The van der Waals surface area contributed by atoms with Crippen LogP contribution in [-0.2, 0) is 14.3 Å². The normalized spacial score (nSPS) is 23.0. The lowest BCUT2D eigenvalue weighted by molar-refractivity contribution is -0.152. The molecule has 1 rings (SSSR count). The van der Waals surface area contributed by atoms with Gasteiger partial charge in [0.2, 0.25) is 5.91 Å². The second-order valence-electron chi connectivity index (χ2n) is 5.94. The largest absolute Gasteiger partial charge is 0.480 e. The monoisotopic (exact) mass is 300 g/mol. The van der Waals surface area contributed by atoms with Gasteiger partial charge < -0.3 is 19.6 Å². The fourth-order valence-corrected chi connectivity index (χ4v) is 2.86. The maximum atomic E-state index is 12.5. The molecule has 21 heavy (non-hydrogen) atoms. The van der Waals surface area contributed by atoms with Gasteiger partial charge in [-0.3, -0.25) is 4.79 Å². The highest BCUT2D eigenvalue weighted by Crippen LogP contribution is 2.26. The molecule has 1 heterocycles. The number of nitrogens with zero attached hydrogens (tertiary/aromatic N) is 2. The first-order valence-corrected chi connectivity index (χ1v) is 7.03. The Labute approximate surface area is 124 Å². The Morgan fingerprint density at radius 3 is 2.29 bits per heavy atom. The Kier molecular flexibility index (Phi) is 5.57. The van der Waals surface area contributed by atoms with E-state index < -0.39 is 24.0 Å². The number of hydrogen-bond acceptors (Lipinski definition) is 4. The number of ether oxygens (including phenoxy) is 1. The summed E-state index contributed by atoms with van der Waals surface area (Å²) in [6, 6.07) is -0.864. The summed E-state index contributed by atoms with van der Waals surface area (Å²) in [4.78, 5) is 38.2. The number of likely N-dealkylation sites (tertiary alicyclic amines) is 1. The predicted molar refractivity (Wildman–Crippen MR) is 75.7 cm³/mol. The first kappa shape index (κ1) is 17.3. The summed E-state index contributed by atoms with van der Waals surface area (Å²) in [5.74, 6) is -1.87. The van der Waals surface area contributed by atoms with Crippen molar-refractivity contribution < 1.29 is 24.2 Å². The van der Waals surface area contributed by atoms with Gasteiger partial charge in [0.15, 0.2) is 0 Å². The van der Waals surface area contributed by atoms with E-state index in [1.54, 1.807) is 13.8 Å². The van der Waals surface area contributed by atoms with E-state index >= 15 is 0 Å². The SMILES string of the molecule is COC(=O)N1C[C@H](C)[C@H](C(=O)N(C)[C@H](C(=O)O)C(C)C)C1. The van der Waals surface area contributed by atoms with Gasteiger partial charge in [-0.1, -0.05) is 20.8 Å². The first-order chi connectivity index (χ1) is 9.70. The van der Waals surface area contributed by atoms with Crippen molar-refractivity contribution in [2.24, 2.45) is 17.8 Å². The van der Waals surface area contributed by atoms with Crippen LogP contribution in [0.3, 0.4) is 0 Å². The van der Waals surface area contributed by atoms with Gasteiger partial charge in [-0.05, 0) is 11.8 Å². The topological polar surface area (TPSA) is 87.2 Å². The number of carbonyl (C=O) groups is 3. The Bertz CT molecular complexity index is 424. The van der Waals surface area contributed by atoms with E-state index in [2.05, 4.69) is 4.74 Å². The van der Waals surface area contributed by atoms with Gasteiger partial charge in [0.05, 0.1) is 13.0 Å². The number of aliphatic carboxylic acids is 1. The maximum Gasteiger partial charge on any atom is 0.409 e. The molecule has 1 fully saturated rings. The highest BCUT2D eigenvalue weighted by molar-refractivity contribution is 5.86. The molecule has 7 heteroatoms. The Balaban J connectivity index is 2.83. The molecule has 0 spiro atoms. The van der Waals surface area contributed by atoms with Gasteiger partial charge in [0, 0.05) is 20.1 Å². The van der Waals surface area contributed by atoms with Gasteiger partial charge in [-0.15, -0.1) is 0 Å². The summed E-state index contributed by atoms with van der Waals surface area (Å²) >= 11 is 0. The minimum absolute atomic E-state index is 0.0272. The maximum absolute atomic E-state index is 12.5. The number of carbonyl (C=O) groups excluding carboxylic acids is 2. The summed E-state index contributed by atoms with van der Waals surface area (Å²) in [6.45, 7) is 6.12. The van der Waals surface area contributed by atoms with E-state index in [-0.39, 0.29) is 24.3 Å². The van der Waals surface area contributed by atoms with Crippen LogP contribution < -0.4 is 0 Å². The van der Waals surface area contributed by atoms with Gasteiger partial charge in [-0.25, -0.2) is 9.59 Å². The minimum atomic E-state index is -1.02. The van der Waals surface area contributed by atoms with Crippen LogP contribution in [0, 0.1) is 17.8 Å². The zero-order valence-electron chi connectivity index (χ0n) is 13.2. The van der Waals surface area contributed by atoms with E-state index in [4.69, 9.17) is 0 Å². The van der Waals surface area contributed by atoms with Crippen LogP contribution in [0.15, 0.2) is 0 Å². The molecule has 1 saturated heterocycles. The molecule has 0 unspecified atom stereocenters. The molecule has 0 aliphatic carbocycles. The van der Waals surface area contributed by atoms with Crippen molar-refractivity contribution in [2.45, 2.75) is 26.8 Å². The van der Waals surface area contributed by atoms with Crippen LogP contribution >= 0.6 is 0 Å². The smallest absolute Gasteiger partial charge is 0.409 e. The molecule has 0 aromatic carbocycles. The number of hydrogen-bond donors (Lipinski definition) is 1. The van der Waals surface area contributed by atoms with Crippen LogP contribution in [0.1, 0.15) is 20.8 Å². The zero-order valence-corrected chi connectivity index (χ0v) is 13.2. The Hall–Kier alpha value is -1.79. The molecule has 0 bridgehead atoms. The van der Waals surface area contributed by atoms with Gasteiger partial charge >= 0.3 is 12.1 Å². The molecular weight excluding hydrogens is 276 g/mol. The second-order valence-corrected chi connectivity index (χ2v) is 5.94. The lowest BCUT2D eigenvalue weighted by Crippen LogP contribution is -2.49. The fraction of sp³-hybridized carbons (Fsp3) is 0.786. The molecule has 1 aliphatic heterocycles. The molecule has 3 atom stereocenters. The molecule has 1 N–H and O–H groups in total. The van der Waals surface area contributed by atoms with Crippen LogP contribution in [0.4, 0.5) is 4.79 Å². The van der Waals surface area contributed by atoms with Gasteiger partial charge in [-0.2, -0.15) is 0 Å². The van der Waals surface area contributed by atoms with Crippen molar-refractivity contribution in [1.29, 1.82) is 0 Å². The molecule has 2 amide bonds. The molecule has 1 aliphatic rings. The standard InChI is InChI=1S/C14H24N2O5/c1-8(2)11(13(18)19)15(4)12(17)10-7-16(6-9(10)3)14(20)21-5/h8-11H,6-7H2,1-5H3,(H,18,19)/t9-,10+,11-/m0/s1. The number of likely N-dealkylation sites (N-methyl/N-ethyl adjacent to an activating group) is 1. The van der Waals surface area contributed by atoms with Crippen molar-refractivity contribution in [1.82, 2.24) is 9.80 Å². The minimum Gasteiger partial charge on any atom is -0.480 e. The average Bonchev–Trinajstić information content (AvgIpc) is 2.78. The van der Waals surface area contributed by atoms with Crippen LogP contribution in [0.2, 0.25) is 0 Å². The van der Waals surface area contributed by atoms with Crippen LogP contribution in [0.25, 0.3) is 0 Å². The van der Waals surface area contributed by atoms with E-state index in [1.165, 1.54) is 24.0 Å². The number of methoxy groups -OCH3 is 1. The summed E-state index contributed by atoms with van der Waals surface area (Å²) in [7, 11) is 2.81. The van der Waals surface area contributed by atoms with Crippen molar-refractivity contribution in [2.75, 3.05) is 27.2 Å². The third-order valence-electron chi connectivity index (χ3n) is 4.01. The van der Waals surface area contributed by atoms with Crippen molar-refractivity contribution in [3.63, 3.8) is 0 Å². The quantitative estimate of drug-likeness (QED) is 0.833. The molecule has 0 saturated carbocycles. The number of carboxylic acids is 1. The third kappa shape index (κ3) is 3.65. The zero-order chi connectivity index (χ0) is 16.3. The predicted octanol–water partition coefficient (Wildman–Crippen LogP) is 0.888. The first-order valence-electron chi connectivity index (χ1n) is 7.03. The van der Waals surface area contributed by atoms with Gasteiger partial charge in [0.1, 0.15) is 6.04 Å². The Morgan fingerprint density at radius 1 is 1.29 bits per heavy atom. The van der Waals surface area contributed by atoms with E-state index in [0.717, 1.165) is 0 Å². The number of carboxylic acid groups (broad SMARTS) is 1. The second kappa shape index (κ2) is 6.78. The van der Waals surface area contributed by atoms with Crippen molar-refractivity contribution in [3.8, 4) is 0 Å². The molecule has 0 aromatic heterocycles. The van der Waals surface area contributed by atoms with Crippen molar-refractivity contribution in [3.05, 3.63) is 0 Å². The van der Waals surface area contributed by atoms with Gasteiger partial charge in [0.25, 0.3) is 0 Å². The third-order valence-corrected chi connectivity index (χ3v) is 4.01. The molecule has 7 nitrogen and oxygen atoms in total. The highest BCUT2D eigenvalue weighted by Gasteiger charge is 2.41. The Morgan fingerprint density at radius 2 is 1.86 bits per heavy atom.